The van der Waals surface area contributed by atoms with Crippen molar-refractivity contribution in [1.82, 2.24) is 14.9 Å². The van der Waals surface area contributed by atoms with E-state index in [4.69, 9.17) is 14.2 Å². The molecule has 1 heterocycles. The van der Waals surface area contributed by atoms with Crippen molar-refractivity contribution in [2.75, 3.05) is 40.2 Å². The van der Waals surface area contributed by atoms with Crippen LogP contribution in [-0.4, -0.2) is 50.4 Å². The SMILES string of the molecule is CN=C(NCCCCn1ccnc1C)Nc1cc(OC)c(OC)c(OC)c1.I. The lowest BCUT2D eigenvalue weighted by molar-refractivity contribution is 0.324. The lowest BCUT2D eigenvalue weighted by Crippen LogP contribution is -2.31. The molecule has 0 radical (unpaired) electrons. The molecule has 2 aromatic rings. The average molecular weight is 503 g/mol. The predicted molar refractivity (Wildman–Crippen MR) is 123 cm³/mol. The molecule has 1 aromatic heterocycles. The molecular weight excluding hydrogens is 473 g/mol. The van der Waals surface area contributed by atoms with Crippen LogP contribution in [0, 0.1) is 6.92 Å². The Labute approximate surface area is 183 Å². The highest BCUT2D eigenvalue weighted by atomic mass is 127. The Morgan fingerprint density at radius 1 is 1.11 bits per heavy atom. The van der Waals surface area contributed by atoms with Gasteiger partial charge in [-0.1, -0.05) is 0 Å². The van der Waals surface area contributed by atoms with E-state index in [-0.39, 0.29) is 24.0 Å². The van der Waals surface area contributed by atoms with E-state index < -0.39 is 0 Å². The second-order valence-electron chi connectivity index (χ2n) is 5.91. The Bertz CT molecular complexity index is 739. The highest BCUT2D eigenvalue weighted by molar-refractivity contribution is 14.0. The van der Waals surface area contributed by atoms with Crippen molar-refractivity contribution in [3.05, 3.63) is 30.4 Å². The number of benzene rings is 1. The lowest BCUT2D eigenvalue weighted by atomic mass is 10.2. The summed E-state index contributed by atoms with van der Waals surface area (Å²) in [6, 6.07) is 3.69. The van der Waals surface area contributed by atoms with E-state index in [0.717, 1.165) is 37.4 Å². The maximum absolute atomic E-state index is 5.38. The van der Waals surface area contributed by atoms with Gasteiger partial charge in [0.15, 0.2) is 17.5 Å². The lowest BCUT2D eigenvalue weighted by Gasteiger charge is -2.16. The molecule has 0 aliphatic rings. The van der Waals surface area contributed by atoms with Crippen LogP contribution >= 0.6 is 24.0 Å². The second kappa shape index (κ2) is 12.3. The van der Waals surface area contributed by atoms with Crippen molar-refractivity contribution in [3.63, 3.8) is 0 Å². The fourth-order valence-electron chi connectivity index (χ4n) is 2.72. The summed E-state index contributed by atoms with van der Waals surface area (Å²) in [6.45, 7) is 3.80. The molecule has 0 spiro atoms. The Kier molecular flexibility index (Phi) is 10.5. The van der Waals surface area contributed by atoms with Gasteiger partial charge >= 0.3 is 0 Å². The number of unbranched alkanes of at least 4 members (excludes halogenated alkanes) is 1. The van der Waals surface area contributed by atoms with Gasteiger partial charge < -0.3 is 29.4 Å². The van der Waals surface area contributed by atoms with Gasteiger partial charge in [-0.05, 0) is 19.8 Å². The first kappa shape index (κ1) is 23.9. The van der Waals surface area contributed by atoms with Gasteiger partial charge in [0.2, 0.25) is 5.75 Å². The normalized spacial score (nSPS) is 10.8. The van der Waals surface area contributed by atoms with Crippen LogP contribution in [0.25, 0.3) is 0 Å². The summed E-state index contributed by atoms with van der Waals surface area (Å²) in [7, 11) is 6.51. The fraction of sp³-hybridized carbons (Fsp3) is 0.474. The van der Waals surface area contributed by atoms with Gasteiger partial charge in [-0.2, -0.15) is 0 Å². The first-order valence-corrected chi connectivity index (χ1v) is 8.88. The Morgan fingerprint density at radius 3 is 2.29 bits per heavy atom. The molecule has 2 N–H and O–H groups in total. The minimum Gasteiger partial charge on any atom is -0.493 e. The number of nitrogens with one attached hydrogen (secondary N) is 2. The number of hydrogen-bond donors (Lipinski definition) is 2. The molecule has 0 atom stereocenters. The first-order valence-electron chi connectivity index (χ1n) is 8.88. The number of guanidine groups is 1. The molecule has 0 unspecified atom stereocenters. The number of aliphatic imine (C=N–C) groups is 1. The molecule has 156 valence electrons. The third-order valence-electron chi connectivity index (χ3n) is 4.19. The number of ether oxygens (including phenoxy) is 3. The first-order chi connectivity index (χ1) is 13.1. The number of hydrogen-bond acceptors (Lipinski definition) is 5. The number of imidazole rings is 1. The zero-order valence-electron chi connectivity index (χ0n) is 17.1. The Hall–Kier alpha value is -2.17. The summed E-state index contributed by atoms with van der Waals surface area (Å²) in [5.74, 6) is 3.46. The van der Waals surface area contributed by atoms with Crippen LogP contribution < -0.4 is 24.8 Å². The highest BCUT2D eigenvalue weighted by Gasteiger charge is 2.13. The van der Waals surface area contributed by atoms with Gasteiger partial charge in [0.1, 0.15) is 5.82 Å². The molecule has 9 heteroatoms. The van der Waals surface area contributed by atoms with E-state index in [9.17, 15) is 0 Å². The Balaban J connectivity index is 0.00000392. The van der Waals surface area contributed by atoms with E-state index >= 15 is 0 Å². The number of methoxy groups -OCH3 is 3. The third-order valence-corrected chi connectivity index (χ3v) is 4.19. The van der Waals surface area contributed by atoms with Crippen LogP contribution in [0.4, 0.5) is 5.69 Å². The predicted octanol–water partition coefficient (Wildman–Crippen LogP) is 3.30. The average Bonchev–Trinajstić information content (AvgIpc) is 3.10. The number of rotatable bonds is 9. The third kappa shape index (κ3) is 6.47. The quantitative estimate of drug-likeness (QED) is 0.237. The minimum absolute atomic E-state index is 0. The molecule has 1 aromatic carbocycles. The number of aromatic nitrogens is 2. The van der Waals surface area contributed by atoms with Crippen LogP contribution in [0.5, 0.6) is 17.2 Å². The maximum Gasteiger partial charge on any atom is 0.203 e. The zero-order chi connectivity index (χ0) is 19.6. The van der Waals surface area contributed by atoms with E-state index in [1.54, 1.807) is 28.4 Å². The van der Waals surface area contributed by atoms with E-state index in [1.807, 2.05) is 31.5 Å². The van der Waals surface area contributed by atoms with Crippen LogP contribution in [0.15, 0.2) is 29.5 Å². The van der Waals surface area contributed by atoms with Crippen LogP contribution in [0.1, 0.15) is 18.7 Å². The topological polar surface area (TPSA) is 81.9 Å². The molecule has 2 rings (SSSR count). The standard InChI is InChI=1S/C19H29N5O3.HI/c1-14-21-9-11-24(14)10-7-6-8-22-19(20-2)23-15-12-16(25-3)18(27-5)17(13-15)26-4;/h9,11-13H,6-8,10H2,1-5H3,(H2,20,22,23);1H. The van der Waals surface area contributed by atoms with Crippen molar-refractivity contribution < 1.29 is 14.2 Å². The van der Waals surface area contributed by atoms with Gasteiger partial charge in [0.05, 0.1) is 21.3 Å². The molecule has 8 nitrogen and oxygen atoms in total. The molecule has 0 fully saturated rings. The largest absolute Gasteiger partial charge is 0.493 e. The van der Waals surface area contributed by atoms with E-state index in [1.165, 1.54) is 0 Å². The summed E-state index contributed by atoms with van der Waals surface area (Å²) in [5, 5.41) is 6.57. The monoisotopic (exact) mass is 503 g/mol. The minimum atomic E-state index is 0. The van der Waals surface area contributed by atoms with Crippen LogP contribution in [0.2, 0.25) is 0 Å². The molecule has 0 saturated carbocycles. The van der Waals surface area contributed by atoms with Gasteiger partial charge in [0, 0.05) is 50.4 Å². The summed E-state index contributed by atoms with van der Waals surface area (Å²) < 4.78 is 18.3. The van der Waals surface area contributed by atoms with Crippen molar-refractivity contribution in [1.29, 1.82) is 0 Å². The van der Waals surface area contributed by atoms with Crippen LogP contribution in [-0.2, 0) is 6.54 Å². The van der Waals surface area contributed by atoms with Gasteiger partial charge in [0.25, 0.3) is 0 Å². The number of aryl methyl sites for hydroxylation is 2. The highest BCUT2D eigenvalue weighted by Crippen LogP contribution is 2.39. The summed E-state index contributed by atoms with van der Waals surface area (Å²) >= 11 is 0. The molecule has 0 saturated heterocycles. The van der Waals surface area contributed by atoms with Crippen molar-refractivity contribution in [3.8, 4) is 17.2 Å². The molecular formula is C19H30IN5O3. The van der Waals surface area contributed by atoms with Crippen LogP contribution in [0.3, 0.4) is 0 Å². The van der Waals surface area contributed by atoms with Crippen molar-refractivity contribution in [2.24, 2.45) is 4.99 Å². The van der Waals surface area contributed by atoms with Gasteiger partial charge in [-0.3, -0.25) is 4.99 Å². The summed E-state index contributed by atoms with van der Waals surface area (Å²) in [5.41, 5.74) is 0.798. The van der Waals surface area contributed by atoms with Gasteiger partial charge in [-0.15, -0.1) is 24.0 Å². The Morgan fingerprint density at radius 2 is 1.79 bits per heavy atom. The summed E-state index contributed by atoms with van der Waals surface area (Å²) in [6.07, 6.45) is 5.92. The maximum atomic E-state index is 5.38. The van der Waals surface area contributed by atoms with Crippen molar-refractivity contribution >= 4 is 35.6 Å². The molecule has 0 aliphatic heterocycles. The number of nitrogens with zero attached hydrogens (tertiary/aromatic N) is 3. The number of anilines is 1. The van der Waals surface area contributed by atoms with Gasteiger partial charge in [-0.25, -0.2) is 4.98 Å². The zero-order valence-corrected chi connectivity index (χ0v) is 19.4. The second-order valence-corrected chi connectivity index (χ2v) is 5.91. The smallest absolute Gasteiger partial charge is 0.203 e. The summed E-state index contributed by atoms with van der Waals surface area (Å²) in [4.78, 5) is 8.50. The molecule has 0 amide bonds. The molecule has 28 heavy (non-hydrogen) atoms. The van der Waals surface area contributed by atoms with E-state index in [2.05, 4.69) is 25.2 Å². The molecule has 0 aliphatic carbocycles. The molecule has 0 bridgehead atoms. The number of halogens is 1. The van der Waals surface area contributed by atoms with E-state index in [0.29, 0.717) is 23.2 Å². The fourth-order valence-corrected chi connectivity index (χ4v) is 2.72. The van der Waals surface area contributed by atoms with Crippen molar-refractivity contribution in [2.45, 2.75) is 26.3 Å².